The van der Waals surface area contributed by atoms with E-state index >= 15 is 0 Å². The second-order valence-corrected chi connectivity index (χ2v) is 7.95. The zero-order valence-corrected chi connectivity index (χ0v) is 17.6. The van der Waals surface area contributed by atoms with Gasteiger partial charge in [-0.15, -0.1) is 0 Å². The first-order valence-electron chi connectivity index (χ1n) is 10.5. The van der Waals surface area contributed by atoms with Gasteiger partial charge in [0.2, 0.25) is 5.91 Å². The molecule has 32 heavy (non-hydrogen) atoms. The fraction of sp³-hybridized carbons (Fsp3) is 0.304. The summed E-state index contributed by atoms with van der Waals surface area (Å²) in [6, 6.07) is 11.6. The van der Waals surface area contributed by atoms with E-state index in [0.29, 0.717) is 18.7 Å². The molecule has 4 aromatic rings. The van der Waals surface area contributed by atoms with Crippen LogP contribution in [0.25, 0.3) is 27.9 Å². The largest absolute Gasteiger partial charge is 0.340 e. The monoisotopic (exact) mass is 424 g/mol. The number of imidazole rings is 1. The summed E-state index contributed by atoms with van der Waals surface area (Å²) in [6.07, 6.45) is 5.20. The van der Waals surface area contributed by atoms with Gasteiger partial charge in [0.25, 0.3) is 0 Å². The number of likely N-dealkylation sites (tertiary alicyclic amines) is 1. The number of aromatic nitrogens is 5. The number of carbonyl (C=O) groups is 1. The van der Waals surface area contributed by atoms with E-state index < -0.39 is 0 Å². The first-order valence-corrected chi connectivity index (χ1v) is 10.5. The topological polar surface area (TPSA) is 116 Å². The van der Waals surface area contributed by atoms with Crippen LogP contribution < -0.4 is 0 Å². The van der Waals surface area contributed by atoms with Crippen molar-refractivity contribution in [1.29, 1.82) is 10.5 Å². The average molecular weight is 424 g/mol. The molecule has 9 nitrogen and oxygen atoms in total. The van der Waals surface area contributed by atoms with E-state index in [1.54, 1.807) is 33.9 Å². The van der Waals surface area contributed by atoms with Crippen molar-refractivity contribution in [2.45, 2.75) is 32.2 Å². The van der Waals surface area contributed by atoms with Gasteiger partial charge in [-0.2, -0.15) is 15.6 Å². The molecule has 1 saturated heterocycles. The molecule has 0 saturated carbocycles. The molecule has 0 radical (unpaired) electrons. The highest BCUT2D eigenvalue weighted by molar-refractivity contribution is 5.83. The van der Waals surface area contributed by atoms with E-state index in [4.69, 9.17) is 10.2 Å². The van der Waals surface area contributed by atoms with Crippen LogP contribution in [0.2, 0.25) is 0 Å². The Labute approximate surface area is 184 Å². The number of hydrogen-bond acceptors (Lipinski definition) is 6. The summed E-state index contributed by atoms with van der Waals surface area (Å²) >= 11 is 0. The van der Waals surface area contributed by atoms with E-state index in [9.17, 15) is 10.1 Å². The Balaban J connectivity index is 1.57. The summed E-state index contributed by atoms with van der Waals surface area (Å²) in [4.78, 5) is 23.7. The second-order valence-electron chi connectivity index (χ2n) is 7.95. The van der Waals surface area contributed by atoms with Crippen molar-refractivity contribution in [2.75, 3.05) is 13.1 Å². The fourth-order valence-electron chi connectivity index (χ4n) is 4.49. The summed E-state index contributed by atoms with van der Waals surface area (Å²) in [5, 5.41) is 22.5. The highest BCUT2D eigenvalue weighted by atomic mass is 16.2. The fourth-order valence-corrected chi connectivity index (χ4v) is 4.49. The molecule has 0 spiro atoms. The molecule has 5 rings (SSSR count). The standard InChI is InChI=1S/C23H20N8O/c1-15-27-20-5-4-19(18-13-26-30-10-7-16(12-25)11-21(18)30)28-23(20)31(15)17-3-2-9-29(14-17)22(32)6-8-24/h4-5,7,10-11,13,17H,2-3,6,9,14H2,1H3. The highest BCUT2D eigenvalue weighted by Crippen LogP contribution is 2.30. The van der Waals surface area contributed by atoms with Gasteiger partial charge in [-0.05, 0) is 44.0 Å². The van der Waals surface area contributed by atoms with Gasteiger partial charge in [-0.3, -0.25) is 4.79 Å². The second kappa shape index (κ2) is 7.78. The summed E-state index contributed by atoms with van der Waals surface area (Å²) in [5.74, 6) is 0.712. The van der Waals surface area contributed by atoms with Gasteiger partial charge in [0, 0.05) is 24.8 Å². The van der Waals surface area contributed by atoms with E-state index in [2.05, 4.69) is 20.7 Å². The molecule has 0 N–H and O–H groups in total. The third kappa shape index (κ3) is 3.25. The van der Waals surface area contributed by atoms with Crippen molar-refractivity contribution in [3.63, 3.8) is 0 Å². The van der Waals surface area contributed by atoms with Crippen LogP contribution >= 0.6 is 0 Å². The molecule has 9 heteroatoms. The quantitative estimate of drug-likeness (QED) is 0.499. The van der Waals surface area contributed by atoms with Gasteiger partial charge < -0.3 is 9.47 Å². The molecule has 0 bridgehead atoms. The summed E-state index contributed by atoms with van der Waals surface area (Å²) in [6.45, 7) is 3.16. The Morgan fingerprint density at radius 2 is 2.12 bits per heavy atom. The molecule has 1 amide bonds. The number of rotatable bonds is 3. The molecule has 0 aliphatic carbocycles. The SMILES string of the molecule is Cc1nc2ccc(-c3cnn4ccc(C#N)cc34)nc2n1C1CCCN(C(=O)CC#N)C1. The highest BCUT2D eigenvalue weighted by Gasteiger charge is 2.27. The molecule has 158 valence electrons. The third-order valence-electron chi connectivity index (χ3n) is 5.98. The van der Waals surface area contributed by atoms with Crippen LogP contribution in [0, 0.1) is 29.6 Å². The zero-order valence-electron chi connectivity index (χ0n) is 17.6. The predicted molar refractivity (Wildman–Crippen MR) is 116 cm³/mol. The first kappa shape index (κ1) is 19.7. The lowest BCUT2D eigenvalue weighted by Gasteiger charge is -2.33. The van der Waals surface area contributed by atoms with Crippen LogP contribution in [0.5, 0.6) is 0 Å². The zero-order chi connectivity index (χ0) is 22.2. The van der Waals surface area contributed by atoms with Crippen molar-refractivity contribution in [1.82, 2.24) is 29.0 Å². The van der Waals surface area contributed by atoms with Gasteiger partial charge in [-0.25, -0.2) is 14.5 Å². The molecule has 5 heterocycles. The lowest BCUT2D eigenvalue weighted by atomic mass is 10.0. The van der Waals surface area contributed by atoms with Gasteiger partial charge in [0.1, 0.15) is 17.8 Å². The van der Waals surface area contributed by atoms with Crippen LogP contribution in [0.15, 0.2) is 36.7 Å². The van der Waals surface area contributed by atoms with E-state index in [-0.39, 0.29) is 18.4 Å². The van der Waals surface area contributed by atoms with Gasteiger partial charge >= 0.3 is 0 Å². The Bertz CT molecular complexity index is 1430. The molecular formula is C23H20N8O. The molecule has 4 aromatic heterocycles. The van der Waals surface area contributed by atoms with E-state index in [1.165, 1.54) is 0 Å². The van der Waals surface area contributed by atoms with Gasteiger partial charge in [0.05, 0.1) is 41.2 Å². The van der Waals surface area contributed by atoms with Crippen molar-refractivity contribution in [2.24, 2.45) is 0 Å². The number of aryl methyl sites for hydroxylation is 1. The normalized spacial score (nSPS) is 16.2. The third-order valence-corrected chi connectivity index (χ3v) is 5.98. The van der Waals surface area contributed by atoms with Crippen molar-refractivity contribution < 1.29 is 4.79 Å². The Morgan fingerprint density at radius 1 is 1.25 bits per heavy atom. The summed E-state index contributed by atoms with van der Waals surface area (Å²) < 4.78 is 3.83. The lowest BCUT2D eigenvalue weighted by molar-refractivity contribution is -0.131. The number of piperidine rings is 1. The number of carbonyl (C=O) groups excluding carboxylic acids is 1. The van der Waals surface area contributed by atoms with Gasteiger partial charge in [0.15, 0.2) is 5.65 Å². The van der Waals surface area contributed by atoms with Crippen LogP contribution in [0.4, 0.5) is 0 Å². The smallest absolute Gasteiger partial charge is 0.236 e. The molecule has 1 unspecified atom stereocenters. The minimum absolute atomic E-state index is 0.0493. The molecule has 1 aliphatic heterocycles. The number of hydrogen-bond donors (Lipinski definition) is 0. The average Bonchev–Trinajstić information content (AvgIpc) is 3.38. The Hall–Kier alpha value is -4.24. The van der Waals surface area contributed by atoms with Crippen LogP contribution in [-0.2, 0) is 4.79 Å². The van der Waals surface area contributed by atoms with Crippen LogP contribution in [-0.4, -0.2) is 48.0 Å². The maximum absolute atomic E-state index is 12.3. The van der Waals surface area contributed by atoms with E-state index in [0.717, 1.165) is 46.6 Å². The number of fused-ring (bicyclic) bond motifs is 2. The first-order chi connectivity index (χ1) is 15.6. The number of pyridine rings is 2. The Morgan fingerprint density at radius 3 is 2.94 bits per heavy atom. The summed E-state index contributed by atoms with van der Waals surface area (Å²) in [5.41, 5.74) is 4.51. The molecule has 1 aliphatic rings. The number of nitriles is 2. The molecule has 1 atom stereocenters. The molecular weight excluding hydrogens is 404 g/mol. The summed E-state index contributed by atoms with van der Waals surface area (Å²) in [7, 11) is 0. The van der Waals surface area contributed by atoms with Crippen molar-refractivity contribution >= 4 is 22.6 Å². The maximum Gasteiger partial charge on any atom is 0.236 e. The molecule has 1 fully saturated rings. The number of amides is 1. The lowest BCUT2D eigenvalue weighted by Crippen LogP contribution is -2.40. The van der Waals surface area contributed by atoms with Gasteiger partial charge in [-0.1, -0.05) is 0 Å². The number of nitrogens with zero attached hydrogens (tertiary/aromatic N) is 8. The maximum atomic E-state index is 12.3. The van der Waals surface area contributed by atoms with E-state index in [1.807, 2.05) is 25.1 Å². The van der Waals surface area contributed by atoms with Crippen LogP contribution in [0.3, 0.4) is 0 Å². The minimum atomic E-state index is -0.132. The Kier molecular flexibility index (Phi) is 4.79. The van der Waals surface area contributed by atoms with Crippen LogP contribution in [0.1, 0.15) is 36.7 Å². The molecule has 0 aromatic carbocycles. The minimum Gasteiger partial charge on any atom is -0.340 e. The predicted octanol–water partition coefficient (Wildman–Crippen LogP) is 3.00. The van der Waals surface area contributed by atoms with Crippen molar-refractivity contribution in [3.05, 3.63) is 48.0 Å². The van der Waals surface area contributed by atoms with Crippen molar-refractivity contribution in [3.8, 4) is 23.4 Å².